The molecule has 0 heterocycles. The maximum Gasteiger partial charge on any atom is 0.323 e. The quantitative estimate of drug-likeness (QED) is 0.552. The molecule has 0 rings (SSSR count). The zero-order valence-electron chi connectivity index (χ0n) is 6.04. The molecule has 0 fully saturated rings. The molecule has 0 bridgehead atoms. The van der Waals surface area contributed by atoms with Crippen LogP contribution in [0.25, 0.3) is 0 Å². The highest BCUT2D eigenvalue weighted by molar-refractivity contribution is 9.08. The van der Waals surface area contributed by atoms with Crippen molar-refractivity contribution in [1.29, 1.82) is 0 Å². The molecule has 0 aliphatic rings. The first-order valence-electron chi connectivity index (χ1n) is 2.81. The van der Waals surface area contributed by atoms with Crippen LogP contribution in [0, 0.1) is 0 Å². The molecule has 0 aromatic carbocycles. The fraction of sp³-hybridized carbons (Fsp3) is 0.800. The van der Waals surface area contributed by atoms with Gasteiger partial charge in [-0.25, -0.2) is 4.34 Å². The number of halogens is 2. The van der Waals surface area contributed by atoms with Gasteiger partial charge in [-0.3, -0.25) is 4.79 Å². The average molecular weight is 249 g/mol. The van der Waals surface area contributed by atoms with E-state index in [1.54, 1.807) is 0 Å². The summed E-state index contributed by atoms with van der Waals surface area (Å²) in [5, 5.41) is 8.44. The summed E-state index contributed by atoms with van der Waals surface area (Å²) < 4.78 is 6.94. The summed E-state index contributed by atoms with van der Waals surface area (Å²) in [7, 11) is 1.30. The highest BCUT2D eigenvalue weighted by Crippen LogP contribution is 1.95. The third-order valence-electron chi connectivity index (χ3n) is 1.04. The molecule has 0 aliphatic carbocycles. The maximum absolute atomic E-state index is 10.7. The summed E-state index contributed by atoms with van der Waals surface area (Å²) in [4.78, 5) is 10.7. The predicted molar refractivity (Wildman–Crippen MR) is 46.8 cm³/mol. The van der Waals surface area contributed by atoms with E-state index in [1.165, 1.54) is 7.11 Å². The minimum Gasteiger partial charge on any atom is -0.468 e. The van der Waals surface area contributed by atoms with E-state index in [4.69, 9.17) is 5.11 Å². The van der Waals surface area contributed by atoms with Gasteiger partial charge in [-0.2, -0.15) is 0 Å². The van der Waals surface area contributed by atoms with E-state index in [0.29, 0.717) is 6.42 Å². The van der Waals surface area contributed by atoms with Crippen LogP contribution in [-0.4, -0.2) is 30.8 Å². The number of ether oxygens (including phenoxy) is 1. The first kappa shape index (κ1) is 13.7. The second-order valence-corrected chi connectivity index (χ2v) is 2.15. The van der Waals surface area contributed by atoms with Gasteiger partial charge in [-0.15, -0.1) is 12.4 Å². The molecule has 0 unspecified atom stereocenters. The SMILES string of the molecule is COC(=O)[C@H](CCO)NBr.Cl. The van der Waals surface area contributed by atoms with Crippen molar-refractivity contribution in [3.8, 4) is 0 Å². The lowest BCUT2D eigenvalue weighted by Crippen LogP contribution is -2.32. The van der Waals surface area contributed by atoms with Crippen molar-refractivity contribution in [3.63, 3.8) is 0 Å². The van der Waals surface area contributed by atoms with E-state index in [0.717, 1.165) is 0 Å². The van der Waals surface area contributed by atoms with Crippen molar-refractivity contribution >= 4 is 34.5 Å². The molecule has 0 aromatic heterocycles. The molecular weight excluding hydrogens is 237 g/mol. The minimum atomic E-state index is -0.463. The monoisotopic (exact) mass is 247 g/mol. The number of aliphatic hydroxyl groups is 1. The first-order valence-corrected chi connectivity index (χ1v) is 3.60. The largest absolute Gasteiger partial charge is 0.468 e. The minimum absolute atomic E-state index is 0. The molecule has 0 spiro atoms. The molecule has 1 atom stereocenters. The number of methoxy groups -OCH3 is 1. The number of carbonyl (C=O) groups excluding carboxylic acids is 1. The number of nitrogens with one attached hydrogen (secondary N) is 1. The lowest BCUT2D eigenvalue weighted by Gasteiger charge is -2.09. The number of aliphatic hydroxyl groups excluding tert-OH is 1. The number of esters is 1. The van der Waals surface area contributed by atoms with Gasteiger partial charge >= 0.3 is 5.97 Å². The van der Waals surface area contributed by atoms with Gasteiger partial charge < -0.3 is 9.84 Å². The van der Waals surface area contributed by atoms with Crippen molar-refractivity contribution in [2.45, 2.75) is 12.5 Å². The molecule has 0 radical (unpaired) electrons. The standard InChI is InChI=1S/C5H10BrNO3.ClH/c1-10-5(9)4(7-6)2-3-8;/h4,7-8H,2-3H2,1H3;1H/t4-;/m0./s1. The Morgan fingerprint density at radius 3 is 2.64 bits per heavy atom. The summed E-state index contributed by atoms with van der Waals surface area (Å²) in [5.41, 5.74) is 0. The molecule has 0 amide bonds. The maximum atomic E-state index is 10.7. The van der Waals surface area contributed by atoms with Crippen molar-refractivity contribution in [2.75, 3.05) is 13.7 Å². The normalized spacial score (nSPS) is 11.5. The molecule has 11 heavy (non-hydrogen) atoms. The zero-order valence-corrected chi connectivity index (χ0v) is 8.44. The Morgan fingerprint density at radius 1 is 1.82 bits per heavy atom. The average Bonchev–Trinajstić information content (AvgIpc) is 1.99. The van der Waals surface area contributed by atoms with E-state index in [1.807, 2.05) is 0 Å². The molecule has 2 N–H and O–H groups in total. The Kier molecular flexibility index (Phi) is 10.3. The van der Waals surface area contributed by atoms with E-state index in [2.05, 4.69) is 25.2 Å². The molecule has 0 aliphatic heterocycles. The Hall–Kier alpha value is 0.160. The summed E-state index contributed by atoms with van der Waals surface area (Å²) >= 11 is 2.90. The molecule has 6 heteroatoms. The van der Waals surface area contributed by atoms with Crippen LogP contribution >= 0.6 is 28.6 Å². The molecule has 68 valence electrons. The van der Waals surface area contributed by atoms with Crippen LogP contribution in [0.4, 0.5) is 0 Å². The highest BCUT2D eigenvalue weighted by atomic mass is 79.9. The Bertz CT molecular complexity index is 114. The smallest absolute Gasteiger partial charge is 0.323 e. The topological polar surface area (TPSA) is 58.6 Å². The number of carbonyl (C=O) groups is 1. The van der Waals surface area contributed by atoms with Gasteiger partial charge in [0.15, 0.2) is 0 Å². The zero-order chi connectivity index (χ0) is 7.98. The van der Waals surface area contributed by atoms with Crippen LogP contribution in [0.2, 0.25) is 0 Å². The predicted octanol–water partition coefficient (Wildman–Crippen LogP) is 0.232. The summed E-state index contributed by atoms with van der Waals surface area (Å²) in [5.74, 6) is -0.383. The summed E-state index contributed by atoms with van der Waals surface area (Å²) in [6, 6.07) is -0.463. The number of rotatable bonds is 4. The van der Waals surface area contributed by atoms with Gasteiger partial charge in [-0.05, 0) is 6.42 Å². The molecular formula is C5H11BrClNO3. The highest BCUT2D eigenvalue weighted by Gasteiger charge is 2.15. The summed E-state index contributed by atoms with van der Waals surface area (Å²) in [6.45, 7) is -0.0433. The van der Waals surface area contributed by atoms with Crippen molar-refractivity contribution in [2.24, 2.45) is 0 Å². The lowest BCUT2D eigenvalue weighted by molar-refractivity contribution is -0.142. The van der Waals surface area contributed by atoms with E-state index >= 15 is 0 Å². The Balaban J connectivity index is 0. The fourth-order valence-electron chi connectivity index (χ4n) is 0.488. The van der Waals surface area contributed by atoms with Gasteiger partial charge in [0.25, 0.3) is 0 Å². The van der Waals surface area contributed by atoms with Crippen molar-refractivity contribution < 1.29 is 14.6 Å². The van der Waals surface area contributed by atoms with Gasteiger partial charge in [0.1, 0.15) is 6.04 Å². The lowest BCUT2D eigenvalue weighted by atomic mass is 10.2. The van der Waals surface area contributed by atoms with E-state index in [-0.39, 0.29) is 25.0 Å². The third-order valence-corrected chi connectivity index (χ3v) is 1.59. The van der Waals surface area contributed by atoms with Gasteiger partial charge in [-0.1, -0.05) is 0 Å². The van der Waals surface area contributed by atoms with Crippen LogP contribution in [0.1, 0.15) is 6.42 Å². The molecule has 4 nitrogen and oxygen atoms in total. The first-order chi connectivity index (χ1) is 4.76. The van der Waals surface area contributed by atoms with Crippen LogP contribution in [0.3, 0.4) is 0 Å². The van der Waals surface area contributed by atoms with Crippen molar-refractivity contribution in [1.82, 2.24) is 4.34 Å². The third kappa shape index (κ3) is 5.43. The van der Waals surface area contributed by atoms with Crippen LogP contribution in [0.5, 0.6) is 0 Å². The fourth-order valence-corrected chi connectivity index (χ4v) is 0.904. The number of hydrogen-bond acceptors (Lipinski definition) is 4. The molecule has 0 aromatic rings. The van der Waals surface area contributed by atoms with E-state index in [9.17, 15) is 4.79 Å². The van der Waals surface area contributed by atoms with Crippen LogP contribution < -0.4 is 4.34 Å². The van der Waals surface area contributed by atoms with Crippen molar-refractivity contribution in [3.05, 3.63) is 0 Å². The van der Waals surface area contributed by atoms with Gasteiger partial charge in [0, 0.05) is 22.8 Å². The second kappa shape index (κ2) is 8.26. The van der Waals surface area contributed by atoms with Gasteiger partial charge in [0.05, 0.1) is 7.11 Å². The van der Waals surface area contributed by atoms with Gasteiger partial charge in [0.2, 0.25) is 0 Å². The number of hydrogen-bond donors (Lipinski definition) is 2. The molecule has 0 saturated heterocycles. The van der Waals surface area contributed by atoms with Crippen LogP contribution in [-0.2, 0) is 9.53 Å². The van der Waals surface area contributed by atoms with Crippen LogP contribution in [0.15, 0.2) is 0 Å². The summed E-state index contributed by atoms with van der Waals surface area (Å²) in [6.07, 6.45) is 0.345. The Morgan fingerprint density at radius 2 is 2.36 bits per heavy atom. The molecule has 0 saturated carbocycles. The van der Waals surface area contributed by atoms with E-state index < -0.39 is 6.04 Å². The Labute approximate surface area is 80.0 Å². The second-order valence-electron chi connectivity index (χ2n) is 1.70.